The van der Waals surface area contributed by atoms with Crippen molar-refractivity contribution in [3.05, 3.63) is 39.9 Å². The first-order valence-corrected chi connectivity index (χ1v) is 12.2. The fraction of sp³-hybridized carbons (Fsp3) is 0.667. The average Bonchev–Trinajstić information content (AvgIpc) is 2.88. The highest BCUT2D eigenvalue weighted by Gasteiger charge is 2.34. The highest BCUT2D eigenvalue weighted by Crippen LogP contribution is 2.26. The van der Waals surface area contributed by atoms with E-state index in [4.69, 9.17) is 0 Å². The third kappa shape index (κ3) is 5.52. The molecule has 0 spiro atoms. The molecule has 3 saturated heterocycles. The number of nitrogens with zero attached hydrogens (tertiary/aromatic N) is 5. The lowest BCUT2D eigenvalue weighted by Crippen LogP contribution is -2.53. The highest BCUT2D eigenvalue weighted by molar-refractivity contribution is 5.94. The summed E-state index contributed by atoms with van der Waals surface area (Å²) in [6, 6.07) is 6.41. The third-order valence-corrected chi connectivity index (χ3v) is 7.58. The Morgan fingerprint density at radius 2 is 1.61 bits per heavy atom. The lowest BCUT2D eigenvalue weighted by atomic mass is 9.92. The first-order chi connectivity index (χ1) is 16.0. The van der Waals surface area contributed by atoms with E-state index in [1.807, 2.05) is 4.90 Å². The van der Waals surface area contributed by atoms with E-state index in [0.29, 0.717) is 30.6 Å². The van der Waals surface area contributed by atoms with Crippen LogP contribution in [-0.2, 0) is 4.79 Å². The summed E-state index contributed by atoms with van der Waals surface area (Å²) in [7, 11) is 0. The molecule has 1 aromatic carbocycles. The molecular weight excluding hydrogens is 422 g/mol. The van der Waals surface area contributed by atoms with Crippen molar-refractivity contribution in [2.75, 3.05) is 58.9 Å². The van der Waals surface area contributed by atoms with Crippen LogP contribution in [0.4, 0.5) is 5.69 Å². The number of carbonyl (C=O) groups excluding carboxylic acids is 2. The van der Waals surface area contributed by atoms with Crippen LogP contribution in [-0.4, -0.2) is 101 Å². The molecule has 9 nitrogen and oxygen atoms in total. The Bertz CT molecular complexity index is 854. The van der Waals surface area contributed by atoms with Gasteiger partial charge in [-0.2, -0.15) is 0 Å². The van der Waals surface area contributed by atoms with E-state index in [0.717, 1.165) is 71.5 Å². The number of amides is 2. The molecule has 33 heavy (non-hydrogen) atoms. The fourth-order valence-corrected chi connectivity index (χ4v) is 5.42. The van der Waals surface area contributed by atoms with Gasteiger partial charge in [0.25, 0.3) is 11.6 Å². The number of rotatable bonds is 5. The lowest BCUT2D eigenvalue weighted by molar-refractivity contribution is -0.384. The molecule has 1 aromatic rings. The average molecular weight is 458 g/mol. The number of piperazine rings is 1. The van der Waals surface area contributed by atoms with Crippen molar-refractivity contribution in [3.8, 4) is 0 Å². The molecule has 3 heterocycles. The number of hydrogen-bond acceptors (Lipinski definition) is 6. The highest BCUT2D eigenvalue weighted by atomic mass is 16.6. The molecule has 4 rings (SSSR count). The second kappa shape index (κ2) is 10.6. The molecule has 3 aliphatic heterocycles. The topological polar surface area (TPSA) is 90.2 Å². The van der Waals surface area contributed by atoms with Gasteiger partial charge in [-0.1, -0.05) is 13.0 Å². The molecule has 3 aliphatic rings. The number of nitro benzene ring substituents is 1. The molecule has 180 valence electrons. The Hall–Kier alpha value is -2.52. The van der Waals surface area contributed by atoms with Gasteiger partial charge in [-0.15, -0.1) is 0 Å². The van der Waals surface area contributed by atoms with Crippen molar-refractivity contribution in [3.63, 3.8) is 0 Å². The van der Waals surface area contributed by atoms with Gasteiger partial charge in [0.1, 0.15) is 0 Å². The third-order valence-electron chi connectivity index (χ3n) is 7.58. The Kier molecular flexibility index (Phi) is 7.60. The number of hydrogen-bond donors (Lipinski definition) is 0. The molecule has 0 aliphatic carbocycles. The van der Waals surface area contributed by atoms with Gasteiger partial charge in [0.05, 0.1) is 4.92 Å². The summed E-state index contributed by atoms with van der Waals surface area (Å²) in [6.45, 7) is 10.1. The van der Waals surface area contributed by atoms with Crippen molar-refractivity contribution in [2.24, 2.45) is 5.92 Å². The second-order valence-electron chi connectivity index (χ2n) is 9.40. The van der Waals surface area contributed by atoms with Crippen LogP contribution >= 0.6 is 0 Å². The maximum atomic E-state index is 13.0. The fourth-order valence-electron chi connectivity index (χ4n) is 5.42. The normalized spacial score (nSPS) is 21.8. The predicted molar refractivity (Wildman–Crippen MR) is 125 cm³/mol. The zero-order chi connectivity index (χ0) is 23.4. The largest absolute Gasteiger partial charge is 0.340 e. The van der Waals surface area contributed by atoms with Gasteiger partial charge in [-0.25, -0.2) is 0 Å². The van der Waals surface area contributed by atoms with Crippen LogP contribution in [0.2, 0.25) is 0 Å². The van der Waals surface area contributed by atoms with Gasteiger partial charge in [-0.3, -0.25) is 19.7 Å². The molecule has 3 fully saturated rings. The summed E-state index contributed by atoms with van der Waals surface area (Å²) < 4.78 is 0. The van der Waals surface area contributed by atoms with Crippen molar-refractivity contribution in [1.29, 1.82) is 0 Å². The van der Waals surface area contributed by atoms with Crippen LogP contribution < -0.4 is 0 Å². The summed E-state index contributed by atoms with van der Waals surface area (Å²) in [5.41, 5.74) is 0.321. The van der Waals surface area contributed by atoms with E-state index >= 15 is 0 Å². The molecule has 0 aromatic heterocycles. The molecule has 2 amide bonds. The molecule has 9 heteroatoms. The van der Waals surface area contributed by atoms with E-state index in [2.05, 4.69) is 21.6 Å². The van der Waals surface area contributed by atoms with Crippen LogP contribution in [0.5, 0.6) is 0 Å². The number of benzene rings is 1. The van der Waals surface area contributed by atoms with Gasteiger partial charge in [0.2, 0.25) is 5.91 Å². The van der Waals surface area contributed by atoms with Gasteiger partial charge in [0.15, 0.2) is 0 Å². The van der Waals surface area contributed by atoms with E-state index in [9.17, 15) is 19.7 Å². The Balaban J connectivity index is 1.23. The van der Waals surface area contributed by atoms with Crippen molar-refractivity contribution in [2.45, 2.75) is 38.6 Å². The summed E-state index contributed by atoms with van der Waals surface area (Å²) in [5.74, 6) is 0.345. The molecule has 0 atom stereocenters. The SMILES string of the molecule is CCN1CCN(C(=O)C2CCN(C3CCN(C(=O)c4cccc([N+](=O)[O-])c4)CC3)CC2)CC1. The lowest BCUT2D eigenvalue weighted by Gasteiger charge is -2.42. The number of likely N-dealkylation sites (N-methyl/N-ethyl adjacent to an activating group) is 1. The van der Waals surface area contributed by atoms with Crippen LogP contribution in [0.15, 0.2) is 24.3 Å². The Labute approximate surface area is 195 Å². The molecule has 0 bridgehead atoms. The summed E-state index contributed by atoms with van der Waals surface area (Å²) in [5, 5.41) is 11.0. The monoisotopic (exact) mass is 457 g/mol. The van der Waals surface area contributed by atoms with Crippen LogP contribution in [0.25, 0.3) is 0 Å². The maximum absolute atomic E-state index is 13.0. The zero-order valence-corrected chi connectivity index (χ0v) is 19.5. The number of nitro groups is 1. The van der Waals surface area contributed by atoms with Crippen LogP contribution in [0.3, 0.4) is 0 Å². The molecular formula is C24H35N5O4. The van der Waals surface area contributed by atoms with Crippen molar-refractivity contribution >= 4 is 17.5 Å². The number of non-ortho nitro benzene ring substituents is 1. The van der Waals surface area contributed by atoms with Gasteiger partial charge in [0, 0.05) is 68.9 Å². The predicted octanol–water partition coefficient (Wildman–Crippen LogP) is 2.08. The molecule has 0 unspecified atom stereocenters. The summed E-state index contributed by atoms with van der Waals surface area (Å²) in [4.78, 5) is 45.0. The Morgan fingerprint density at radius 3 is 2.21 bits per heavy atom. The van der Waals surface area contributed by atoms with E-state index in [1.165, 1.54) is 12.1 Å². The van der Waals surface area contributed by atoms with Crippen LogP contribution in [0.1, 0.15) is 43.0 Å². The Morgan fingerprint density at radius 1 is 0.939 bits per heavy atom. The first kappa shape index (κ1) is 23.6. The van der Waals surface area contributed by atoms with Gasteiger partial charge in [-0.05, 0) is 51.4 Å². The standard InChI is InChI=1S/C24H35N5O4/c1-2-25-14-16-28(17-15-25)23(30)19-6-10-26(11-7-19)21-8-12-27(13-9-21)24(31)20-4-3-5-22(18-20)29(32)33/h3-5,18-19,21H,2,6-17H2,1H3. The van der Waals surface area contributed by atoms with E-state index in [1.54, 1.807) is 12.1 Å². The minimum absolute atomic E-state index is 0.0552. The van der Waals surface area contributed by atoms with Gasteiger partial charge >= 0.3 is 0 Å². The molecule has 0 N–H and O–H groups in total. The van der Waals surface area contributed by atoms with E-state index in [-0.39, 0.29) is 17.5 Å². The number of piperidine rings is 2. The number of carbonyl (C=O) groups is 2. The second-order valence-corrected chi connectivity index (χ2v) is 9.40. The van der Waals surface area contributed by atoms with E-state index < -0.39 is 4.92 Å². The zero-order valence-electron chi connectivity index (χ0n) is 19.5. The maximum Gasteiger partial charge on any atom is 0.270 e. The first-order valence-electron chi connectivity index (χ1n) is 12.2. The van der Waals surface area contributed by atoms with Crippen molar-refractivity contribution in [1.82, 2.24) is 19.6 Å². The molecule has 0 saturated carbocycles. The van der Waals surface area contributed by atoms with Crippen molar-refractivity contribution < 1.29 is 14.5 Å². The van der Waals surface area contributed by atoms with Crippen LogP contribution in [0, 0.1) is 16.0 Å². The minimum atomic E-state index is -0.470. The van der Waals surface area contributed by atoms with Gasteiger partial charge < -0.3 is 19.6 Å². The molecule has 0 radical (unpaired) electrons. The quantitative estimate of drug-likeness (QED) is 0.497. The minimum Gasteiger partial charge on any atom is -0.340 e. The number of likely N-dealkylation sites (tertiary alicyclic amines) is 2. The smallest absolute Gasteiger partial charge is 0.270 e. The summed E-state index contributed by atoms with van der Waals surface area (Å²) in [6.07, 6.45) is 3.63. The summed E-state index contributed by atoms with van der Waals surface area (Å²) >= 11 is 0.